The molecule has 1 N–H and O–H groups in total. The maximum Gasteiger partial charge on any atom is 0.255 e. The van der Waals surface area contributed by atoms with Crippen molar-refractivity contribution in [1.29, 1.82) is 0 Å². The summed E-state index contributed by atoms with van der Waals surface area (Å²) in [5.41, 5.74) is 0.515. The van der Waals surface area contributed by atoms with Crippen LogP contribution in [0.15, 0.2) is 53.7 Å². The number of piperidine rings is 1. The van der Waals surface area contributed by atoms with Gasteiger partial charge in [0.05, 0.1) is 12.2 Å². The van der Waals surface area contributed by atoms with Crippen molar-refractivity contribution in [3.05, 3.63) is 54.4 Å². The number of benzene rings is 1. The van der Waals surface area contributed by atoms with E-state index in [0.29, 0.717) is 50.4 Å². The molecule has 0 atom stereocenters. The van der Waals surface area contributed by atoms with Crippen molar-refractivity contribution in [3.8, 4) is 5.75 Å². The van der Waals surface area contributed by atoms with Gasteiger partial charge in [-0.15, -0.1) is 0 Å². The van der Waals surface area contributed by atoms with Crippen LogP contribution in [-0.4, -0.2) is 49.9 Å². The standard InChI is InChI=1S/C20H25N3O4S/c1-2-27-19-8-4-3-7-18(19)20(24)22-14-16-9-12-23(13-10-16)28(25,26)17-6-5-11-21-15-17/h3-8,11,15-16H,2,9-10,12-14H2,1H3,(H,22,24). The van der Waals surface area contributed by atoms with Gasteiger partial charge in [0.25, 0.3) is 5.91 Å². The van der Waals surface area contributed by atoms with Crippen molar-refractivity contribution in [2.24, 2.45) is 5.92 Å². The summed E-state index contributed by atoms with van der Waals surface area (Å²) in [5, 5.41) is 2.96. The lowest BCUT2D eigenvalue weighted by Gasteiger charge is -2.31. The highest BCUT2D eigenvalue weighted by atomic mass is 32.2. The molecule has 7 nitrogen and oxygen atoms in total. The molecule has 0 aliphatic carbocycles. The van der Waals surface area contributed by atoms with Crippen LogP contribution >= 0.6 is 0 Å². The van der Waals surface area contributed by atoms with E-state index in [1.54, 1.807) is 36.5 Å². The van der Waals surface area contributed by atoms with E-state index in [0.717, 1.165) is 0 Å². The molecule has 2 heterocycles. The zero-order chi connectivity index (χ0) is 20.0. The number of carbonyl (C=O) groups excluding carboxylic acids is 1. The Labute approximate surface area is 165 Å². The number of aromatic nitrogens is 1. The number of amides is 1. The van der Waals surface area contributed by atoms with Crippen LogP contribution in [0.2, 0.25) is 0 Å². The summed E-state index contributed by atoms with van der Waals surface area (Å²) in [6.45, 7) is 3.76. The van der Waals surface area contributed by atoms with Gasteiger partial charge >= 0.3 is 0 Å². The number of rotatable bonds is 7. The minimum atomic E-state index is -3.50. The Morgan fingerprint density at radius 1 is 1.21 bits per heavy atom. The lowest BCUT2D eigenvalue weighted by atomic mass is 9.98. The quantitative estimate of drug-likeness (QED) is 0.766. The Hall–Kier alpha value is -2.45. The maximum atomic E-state index is 12.6. The highest BCUT2D eigenvalue weighted by molar-refractivity contribution is 7.89. The molecule has 1 fully saturated rings. The fourth-order valence-corrected chi connectivity index (χ4v) is 4.70. The molecule has 0 spiro atoms. The molecular formula is C20H25N3O4S. The predicted molar refractivity (Wildman–Crippen MR) is 106 cm³/mol. The van der Waals surface area contributed by atoms with Gasteiger partial charge < -0.3 is 10.1 Å². The molecule has 1 aromatic carbocycles. The molecule has 8 heteroatoms. The van der Waals surface area contributed by atoms with E-state index in [9.17, 15) is 13.2 Å². The zero-order valence-electron chi connectivity index (χ0n) is 15.9. The number of pyridine rings is 1. The fraction of sp³-hybridized carbons (Fsp3) is 0.400. The molecule has 1 saturated heterocycles. The van der Waals surface area contributed by atoms with E-state index in [4.69, 9.17) is 4.74 Å². The van der Waals surface area contributed by atoms with Crippen molar-refractivity contribution in [2.75, 3.05) is 26.2 Å². The number of nitrogens with zero attached hydrogens (tertiary/aromatic N) is 2. The van der Waals surface area contributed by atoms with Crippen LogP contribution in [0.3, 0.4) is 0 Å². The molecule has 1 amide bonds. The van der Waals surface area contributed by atoms with Gasteiger partial charge in [0.2, 0.25) is 10.0 Å². The molecule has 0 saturated carbocycles. The van der Waals surface area contributed by atoms with Gasteiger partial charge in [-0.2, -0.15) is 4.31 Å². The van der Waals surface area contributed by atoms with Gasteiger partial charge in [-0.1, -0.05) is 12.1 Å². The van der Waals surface area contributed by atoms with E-state index in [1.165, 1.54) is 10.5 Å². The van der Waals surface area contributed by atoms with Crippen LogP contribution in [0.1, 0.15) is 30.1 Å². The Morgan fingerprint density at radius 3 is 2.64 bits per heavy atom. The zero-order valence-corrected chi connectivity index (χ0v) is 16.7. The lowest BCUT2D eigenvalue weighted by Crippen LogP contribution is -2.41. The van der Waals surface area contributed by atoms with Gasteiger partial charge in [-0.05, 0) is 49.9 Å². The highest BCUT2D eigenvalue weighted by Gasteiger charge is 2.29. The Kier molecular flexibility index (Phi) is 6.64. The second-order valence-corrected chi connectivity index (χ2v) is 8.61. The summed E-state index contributed by atoms with van der Waals surface area (Å²) in [4.78, 5) is 16.6. The first-order chi connectivity index (χ1) is 13.5. The van der Waals surface area contributed by atoms with Crippen molar-refractivity contribution in [1.82, 2.24) is 14.6 Å². The van der Waals surface area contributed by atoms with Crippen LogP contribution in [0, 0.1) is 5.92 Å². The van der Waals surface area contributed by atoms with E-state index in [1.807, 2.05) is 13.0 Å². The van der Waals surface area contributed by atoms with Crippen molar-refractivity contribution < 1.29 is 17.9 Å². The first kappa shape index (κ1) is 20.3. The average Bonchev–Trinajstić information content (AvgIpc) is 2.73. The molecule has 2 aromatic rings. The first-order valence-corrected chi connectivity index (χ1v) is 10.9. The number of hydrogen-bond donors (Lipinski definition) is 1. The van der Waals surface area contributed by atoms with E-state index >= 15 is 0 Å². The monoisotopic (exact) mass is 403 g/mol. The first-order valence-electron chi connectivity index (χ1n) is 9.42. The summed E-state index contributed by atoms with van der Waals surface area (Å²) >= 11 is 0. The largest absolute Gasteiger partial charge is 0.493 e. The Balaban J connectivity index is 1.53. The lowest BCUT2D eigenvalue weighted by molar-refractivity contribution is 0.0937. The van der Waals surface area contributed by atoms with Crippen LogP contribution < -0.4 is 10.1 Å². The fourth-order valence-electron chi connectivity index (χ4n) is 3.27. The molecule has 150 valence electrons. The van der Waals surface area contributed by atoms with Crippen molar-refractivity contribution in [3.63, 3.8) is 0 Å². The van der Waals surface area contributed by atoms with Gasteiger partial charge in [0, 0.05) is 32.0 Å². The molecule has 28 heavy (non-hydrogen) atoms. The summed E-state index contributed by atoms with van der Waals surface area (Å²) in [6, 6.07) is 10.3. The third kappa shape index (κ3) is 4.69. The second kappa shape index (κ2) is 9.16. The molecular weight excluding hydrogens is 378 g/mol. The average molecular weight is 404 g/mol. The molecule has 1 aliphatic heterocycles. The van der Waals surface area contributed by atoms with Crippen molar-refractivity contribution >= 4 is 15.9 Å². The van der Waals surface area contributed by atoms with E-state index < -0.39 is 10.0 Å². The molecule has 0 unspecified atom stereocenters. The Bertz CT molecular complexity index is 895. The number of ether oxygens (including phenoxy) is 1. The third-order valence-electron chi connectivity index (χ3n) is 4.83. The van der Waals surface area contributed by atoms with Crippen LogP contribution in [-0.2, 0) is 10.0 Å². The number of hydrogen-bond acceptors (Lipinski definition) is 5. The summed E-state index contributed by atoms with van der Waals surface area (Å²) in [6.07, 6.45) is 4.33. The van der Waals surface area contributed by atoms with Gasteiger partial charge in [0.15, 0.2) is 0 Å². The SMILES string of the molecule is CCOc1ccccc1C(=O)NCC1CCN(S(=O)(=O)c2cccnc2)CC1. The smallest absolute Gasteiger partial charge is 0.255 e. The number of nitrogens with one attached hydrogen (secondary N) is 1. The van der Waals surface area contributed by atoms with E-state index in [2.05, 4.69) is 10.3 Å². The van der Waals surface area contributed by atoms with Crippen LogP contribution in [0.25, 0.3) is 0 Å². The second-order valence-electron chi connectivity index (χ2n) is 6.68. The normalized spacial score (nSPS) is 15.9. The number of sulfonamides is 1. The Morgan fingerprint density at radius 2 is 1.96 bits per heavy atom. The molecule has 3 rings (SSSR count). The summed E-state index contributed by atoms with van der Waals surface area (Å²) in [7, 11) is -3.50. The number of carbonyl (C=O) groups is 1. The molecule has 1 aromatic heterocycles. The third-order valence-corrected chi connectivity index (χ3v) is 6.71. The van der Waals surface area contributed by atoms with Gasteiger partial charge in [-0.3, -0.25) is 9.78 Å². The summed E-state index contributed by atoms with van der Waals surface area (Å²) < 4.78 is 32.3. The van der Waals surface area contributed by atoms with Crippen LogP contribution in [0.5, 0.6) is 5.75 Å². The van der Waals surface area contributed by atoms with Crippen molar-refractivity contribution in [2.45, 2.75) is 24.7 Å². The number of para-hydroxylation sites is 1. The highest BCUT2D eigenvalue weighted by Crippen LogP contribution is 2.23. The van der Waals surface area contributed by atoms with Gasteiger partial charge in [0.1, 0.15) is 10.6 Å². The van der Waals surface area contributed by atoms with Crippen LogP contribution in [0.4, 0.5) is 0 Å². The van der Waals surface area contributed by atoms with Gasteiger partial charge in [-0.25, -0.2) is 8.42 Å². The topological polar surface area (TPSA) is 88.6 Å². The summed E-state index contributed by atoms with van der Waals surface area (Å²) in [5.74, 6) is 0.637. The maximum absolute atomic E-state index is 12.6. The molecule has 1 aliphatic rings. The molecule has 0 bridgehead atoms. The minimum absolute atomic E-state index is 0.172. The van der Waals surface area contributed by atoms with E-state index in [-0.39, 0.29) is 16.7 Å². The predicted octanol–water partition coefficient (Wildman–Crippen LogP) is 2.31. The minimum Gasteiger partial charge on any atom is -0.493 e. The molecule has 0 radical (unpaired) electrons.